The topological polar surface area (TPSA) is 92.9 Å². The van der Waals surface area contributed by atoms with Crippen molar-refractivity contribution in [2.45, 2.75) is 20.4 Å². The van der Waals surface area contributed by atoms with Crippen LogP contribution in [0.1, 0.15) is 27.3 Å². The smallest absolute Gasteiger partial charge is 0.251 e. The van der Waals surface area contributed by atoms with E-state index in [1.807, 2.05) is 26.0 Å². The van der Waals surface area contributed by atoms with Crippen LogP contribution in [0.2, 0.25) is 0 Å². The third-order valence-electron chi connectivity index (χ3n) is 2.79. The molecule has 4 N–H and O–H groups in total. The molecule has 0 spiro atoms. The summed E-state index contributed by atoms with van der Waals surface area (Å²) in [6, 6.07) is 7.17. The predicted molar refractivity (Wildman–Crippen MR) is 76.9 cm³/mol. The number of nitrogens with two attached hydrogens (primary N) is 1. The molecule has 1 amide bonds. The second-order valence-electron chi connectivity index (χ2n) is 4.52. The van der Waals surface area contributed by atoms with Gasteiger partial charge in [-0.1, -0.05) is 6.07 Å². The van der Waals surface area contributed by atoms with E-state index in [0.29, 0.717) is 17.9 Å². The fraction of sp³-hybridized carbons (Fsp3) is 0.214. The Balaban J connectivity index is 2.04. The van der Waals surface area contributed by atoms with Gasteiger partial charge in [-0.25, -0.2) is 10.8 Å². The van der Waals surface area contributed by atoms with Crippen molar-refractivity contribution in [1.29, 1.82) is 0 Å². The van der Waals surface area contributed by atoms with Gasteiger partial charge in [0.2, 0.25) is 0 Å². The van der Waals surface area contributed by atoms with Crippen LogP contribution in [0.15, 0.2) is 30.5 Å². The minimum atomic E-state index is -0.174. The SMILES string of the molecule is Cc1ccc(CNC(=O)c2cc(C)nc(NN)c2)cn1. The lowest BCUT2D eigenvalue weighted by Gasteiger charge is -2.08. The number of nitrogens with one attached hydrogen (secondary N) is 2. The first-order valence-corrected chi connectivity index (χ1v) is 6.23. The van der Waals surface area contributed by atoms with Gasteiger partial charge in [0.05, 0.1) is 0 Å². The van der Waals surface area contributed by atoms with E-state index >= 15 is 0 Å². The third-order valence-corrected chi connectivity index (χ3v) is 2.79. The van der Waals surface area contributed by atoms with Crippen LogP contribution in [-0.2, 0) is 6.54 Å². The first-order valence-electron chi connectivity index (χ1n) is 6.23. The van der Waals surface area contributed by atoms with Gasteiger partial charge in [-0.3, -0.25) is 9.78 Å². The number of hydrazine groups is 1. The van der Waals surface area contributed by atoms with Crippen molar-refractivity contribution in [3.05, 3.63) is 53.0 Å². The maximum Gasteiger partial charge on any atom is 0.251 e. The van der Waals surface area contributed by atoms with Gasteiger partial charge in [0, 0.05) is 29.7 Å². The summed E-state index contributed by atoms with van der Waals surface area (Å²) in [4.78, 5) is 20.4. The third kappa shape index (κ3) is 3.52. The van der Waals surface area contributed by atoms with E-state index in [4.69, 9.17) is 5.84 Å². The number of nitrogens with zero attached hydrogens (tertiary/aromatic N) is 2. The number of aryl methyl sites for hydroxylation is 2. The highest BCUT2D eigenvalue weighted by Crippen LogP contribution is 2.09. The lowest BCUT2D eigenvalue weighted by Crippen LogP contribution is -2.23. The predicted octanol–water partition coefficient (Wildman–Crippen LogP) is 1.31. The number of rotatable bonds is 4. The number of aromatic nitrogens is 2. The fourth-order valence-electron chi connectivity index (χ4n) is 1.76. The molecule has 0 aliphatic rings. The maximum atomic E-state index is 12.1. The monoisotopic (exact) mass is 271 g/mol. The van der Waals surface area contributed by atoms with Crippen LogP contribution in [0.4, 0.5) is 5.82 Å². The van der Waals surface area contributed by atoms with Crippen LogP contribution in [0.5, 0.6) is 0 Å². The molecule has 2 aromatic rings. The Morgan fingerprint density at radius 1 is 1.25 bits per heavy atom. The highest BCUT2D eigenvalue weighted by Gasteiger charge is 2.08. The average Bonchev–Trinajstić information content (AvgIpc) is 2.45. The standard InChI is InChI=1S/C14H17N5O/c1-9-3-4-11(7-16-9)8-17-14(20)12-5-10(2)18-13(6-12)19-15/h3-7H,8,15H2,1-2H3,(H,17,20)(H,18,19). The lowest BCUT2D eigenvalue weighted by molar-refractivity contribution is 0.0950. The molecule has 6 heteroatoms. The molecule has 2 rings (SSSR count). The second-order valence-corrected chi connectivity index (χ2v) is 4.52. The number of nitrogen functional groups attached to an aromatic ring is 1. The van der Waals surface area contributed by atoms with Gasteiger partial charge in [-0.2, -0.15) is 0 Å². The van der Waals surface area contributed by atoms with Gasteiger partial charge in [0.15, 0.2) is 0 Å². The molecule has 2 aromatic heterocycles. The molecule has 0 saturated carbocycles. The molecule has 0 atom stereocenters. The van der Waals surface area contributed by atoms with Crippen molar-refractivity contribution in [1.82, 2.24) is 15.3 Å². The molecule has 0 unspecified atom stereocenters. The average molecular weight is 271 g/mol. The van der Waals surface area contributed by atoms with Crippen LogP contribution in [0, 0.1) is 13.8 Å². The maximum absolute atomic E-state index is 12.1. The summed E-state index contributed by atoms with van der Waals surface area (Å²) < 4.78 is 0. The molecule has 0 fully saturated rings. The van der Waals surface area contributed by atoms with E-state index in [9.17, 15) is 4.79 Å². The van der Waals surface area contributed by atoms with E-state index in [1.54, 1.807) is 18.3 Å². The van der Waals surface area contributed by atoms with E-state index in [2.05, 4.69) is 20.7 Å². The summed E-state index contributed by atoms with van der Waals surface area (Å²) >= 11 is 0. The van der Waals surface area contributed by atoms with Crippen molar-refractivity contribution in [2.24, 2.45) is 5.84 Å². The molecule has 6 nitrogen and oxygen atoms in total. The Kier molecular flexibility index (Phi) is 4.27. The summed E-state index contributed by atoms with van der Waals surface area (Å²) in [5.74, 6) is 5.61. The number of hydrogen-bond donors (Lipinski definition) is 3. The second kappa shape index (κ2) is 6.12. The summed E-state index contributed by atoms with van der Waals surface area (Å²) in [5, 5.41) is 2.84. The Hall–Kier alpha value is -2.47. The number of pyridine rings is 2. The largest absolute Gasteiger partial charge is 0.348 e. The Bertz CT molecular complexity index is 609. The molecule has 0 saturated heterocycles. The first kappa shape index (κ1) is 14.0. The van der Waals surface area contributed by atoms with Crippen LogP contribution >= 0.6 is 0 Å². The minimum Gasteiger partial charge on any atom is -0.348 e. The normalized spacial score (nSPS) is 10.2. The van der Waals surface area contributed by atoms with E-state index in [-0.39, 0.29) is 5.91 Å². The molecular formula is C14H17N5O. The minimum absolute atomic E-state index is 0.174. The zero-order valence-corrected chi connectivity index (χ0v) is 11.5. The van der Waals surface area contributed by atoms with Gasteiger partial charge >= 0.3 is 0 Å². The summed E-state index contributed by atoms with van der Waals surface area (Å²) in [6.45, 7) is 4.16. The van der Waals surface area contributed by atoms with Crippen molar-refractivity contribution in [3.63, 3.8) is 0 Å². The fourth-order valence-corrected chi connectivity index (χ4v) is 1.76. The quantitative estimate of drug-likeness (QED) is 0.576. The molecule has 0 aliphatic heterocycles. The van der Waals surface area contributed by atoms with E-state index < -0.39 is 0 Å². The van der Waals surface area contributed by atoms with Gasteiger partial charge in [-0.05, 0) is 37.6 Å². The molecule has 2 heterocycles. The molecule has 0 radical (unpaired) electrons. The summed E-state index contributed by atoms with van der Waals surface area (Å²) in [6.07, 6.45) is 1.75. The first-order chi connectivity index (χ1) is 9.58. The Morgan fingerprint density at radius 2 is 2.05 bits per heavy atom. The molecule has 0 aromatic carbocycles. The van der Waals surface area contributed by atoms with Gasteiger partial charge in [0.1, 0.15) is 5.82 Å². The van der Waals surface area contributed by atoms with Crippen molar-refractivity contribution >= 4 is 11.7 Å². The highest BCUT2D eigenvalue weighted by atomic mass is 16.1. The van der Waals surface area contributed by atoms with Crippen molar-refractivity contribution in [2.75, 3.05) is 5.43 Å². The number of amides is 1. The number of carbonyl (C=O) groups excluding carboxylic acids is 1. The molecular weight excluding hydrogens is 254 g/mol. The van der Waals surface area contributed by atoms with Gasteiger partial charge in [0.25, 0.3) is 5.91 Å². The Morgan fingerprint density at radius 3 is 2.70 bits per heavy atom. The number of carbonyl (C=O) groups is 1. The lowest BCUT2D eigenvalue weighted by atomic mass is 10.2. The number of hydrogen-bond acceptors (Lipinski definition) is 5. The number of anilines is 1. The van der Waals surface area contributed by atoms with Crippen molar-refractivity contribution in [3.8, 4) is 0 Å². The van der Waals surface area contributed by atoms with E-state index in [1.165, 1.54) is 0 Å². The molecule has 0 bridgehead atoms. The van der Waals surface area contributed by atoms with Crippen LogP contribution in [0.3, 0.4) is 0 Å². The Labute approximate surface area is 117 Å². The van der Waals surface area contributed by atoms with Crippen molar-refractivity contribution < 1.29 is 4.79 Å². The summed E-state index contributed by atoms with van der Waals surface area (Å²) in [5.41, 5.74) is 5.58. The van der Waals surface area contributed by atoms with Crippen LogP contribution in [-0.4, -0.2) is 15.9 Å². The van der Waals surface area contributed by atoms with Gasteiger partial charge in [-0.15, -0.1) is 0 Å². The summed E-state index contributed by atoms with van der Waals surface area (Å²) in [7, 11) is 0. The highest BCUT2D eigenvalue weighted by molar-refractivity contribution is 5.94. The molecule has 0 aliphatic carbocycles. The zero-order valence-electron chi connectivity index (χ0n) is 11.5. The molecule has 20 heavy (non-hydrogen) atoms. The zero-order chi connectivity index (χ0) is 14.5. The molecule has 104 valence electrons. The van der Waals surface area contributed by atoms with E-state index in [0.717, 1.165) is 17.0 Å². The van der Waals surface area contributed by atoms with Crippen LogP contribution < -0.4 is 16.6 Å². The van der Waals surface area contributed by atoms with Crippen LogP contribution in [0.25, 0.3) is 0 Å². The van der Waals surface area contributed by atoms with Gasteiger partial charge < -0.3 is 10.7 Å².